The lowest BCUT2D eigenvalue weighted by Gasteiger charge is -2.31. The lowest BCUT2D eigenvalue weighted by Crippen LogP contribution is -2.21. The average Bonchev–Trinajstić information content (AvgIpc) is 2.64. The second-order valence-electron chi connectivity index (χ2n) is 8.12. The first-order valence-electron chi connectivity index (χ1n) is 10.7. The van der Waals surface area contributed by atoms with Crippen LogP contribution in [0.25, 0.3) is 0 Å². The van der Waals surface area contributed by atoms with Crippen LogP contribution in [0, 0.1) is 23.7 Å². The standard InChI is InChI=1S/C22H40O2/c1-3-5-16-24-18-22-14-10-20(11-15-22)7-6-19-8-12-21(13-9-19)17-23-4-2/h5,16,19-22H,3-4,6-15,17-18H2,1-2H3/b16-5-/t19-,20-,21-,22-. The quantitative estimate of drug-likeness (QED) is 0.432. The Kier molecular flexibility index (Phi) is 9.87. The Morgan fingerprint density at radius 2 is 1.21 bits per heavy atom. The number of hydrogen-bond acceptors (Lipinski definition) is 2. The molecular weight excluding hydrogens is 296 g/mol. The van der Waals surface area contributed by atoms with Crippen molar-refractivity contribution in [2.75, 3.05) is 19.8 Å². The third-order valence-corrected chi connectivity index (χ3v) is 6.23. The molecule has 24 heavy (non-hydrogen) atoms. The van der Waals surface area contributed by atoms with Crippen molar-refractivity contribution in [3.05, 3.63) is 12.3 Å². The van der Waals surface area contributed by atoms with E-state index in [4.69, 9.17) is 9.47 Å². The normalized spacial score (nSPS) is 31.4. The fourth-order valence-electron chi connectivity index (χ4n) is 4.49. The van der Waals surface area contributed by atoms with Gasteiger partial charge in [0.05, 0.1) is 12.9 Å². The highest BCUT2D eigenvalue weighted by Gasteiger charge is 2.24. The van der Waals surface area contributed by atoms with Crippen molar-refractivity contribution in [1.82, 2.24) is 0 Å². The first-order chi connectivity index (χ1) is 11.8. The van der Waals surface area contributed by atoms with E-state index < -0.39 is 0 Å². The van der Waals surface area contributed by atoms with Gasteiger partial charge in [0, 0.05) is 13.2 Å². The first-order valence-corrected chi connectivity index (χ1v) is 10.7. The van der Waals surface area contributed by atoms with Crippen LogP contribution in [0.3, 0.4) is 0 Å². The van der Waals surface area contributed by atoms with Crippen LogP contribution in [0.15, 0.2) is 12.3 Å². The van der Waals surface area contributed by atoms with Crippen LogP contribution < -0.4 is 0 Å². The molecule has 0 radical (unpaired) electrons. The summed E-state index contributed by atoms with van der Waals surface area (Å²) < 4.78 is 11.3. The largest absolute Gasteiger partial charge is 0.501 e. The Morgan fingerprint density at radius 1 is 0.708 bits per heavy atom. The smallest absolute Gasteiger partial charge is 0.0901 e. The Morgan fingerprint density at radius 3 is 1.71 bits per heavy atom. The molecule has 2 rings (SSSR count). The summed E-state index contributed by atoms with van der Waals surface area (Å²) in [5.41, 5.74) is 0. The summed E-state index contributed by atoms with van der Waals surface area (Å²) in [4.78, 5) is 0. The SMILES string of the molecule is CC/C=C\OC[C@H]1CC[C@H](CC[C@H]2CC[C@H](COCC)CC2)CC1. The van der Waals surface area contributed by atoms with Crippen molar-refractivity contribution in [3.63, 3.8) is 0 Å². The van der Waals surface area contributed by atoms with E-state index in [9.17, 15) is 0 Å². The van der Waals surface area contributed by atoms with Crippen LogP contribution in [0.1, 0.15) is 84.5 Å². The van der Waals surface area contributed by atoms with Gasteiger partial charge in [-0.3, -0.25) is 0 Å². The zero-order chi connectivity index (χ0) is 17.0. The summed E-state index contributed by atoms with van der Waals surface area (Å²) in [6.45, 7) is 7.07. The summed E-state index contributed by atoms with van der Waals surface area (Å²) in [5, 5.41) is 0. The van der Waals surface area contributed by atoms with Gasteiger partial charge in [0.2, 0.25) is 0 Å². The molecule has 0 N–H and O–H groups in total. The van der Waals surface area contributed by atoms with Crippen LogP contribution in [0.2, 0.25) is 0 Å². The second kappa shape index (κ2) is 12.0. The molecule has 0 aliphatic heterocycles. The van der Waals surface area contributed by atoms with E-state index in [1.807, 2.05) is 6.26 Å². The molecule has 0 aromatic rings. The third-order valence-electron chi connectivity index (χ3n) is 6.23. The molecule has 0 bridgehead atoms. The van der Waals surface area contributed by atoms with Crippen molar-refractivity contribution in [3.8, 4) is 0 Å². The summed E-state index contributed by atoms with van der Waals surface area (Å²) in [6, 6.07) is 0. The van der Waals surface area contributed by atoms with Crippen LogP contribution in [-0.2, 0) is 9.47 Å². The fourth-order valence-corrected chi connectivity index (χ4v) is 4.49. The van der Waals surface area contributed by atoms with Gasteiger partial charge in [-0.2, -0.15) is 0 Å². The average molecular weight is 337 g/mol. The highest BCUT2D eigenvalue weighted by molar-refractivity contribution is 4.77. The predicted molar refractivity (Wildman–Crippen MR) is 102 cm³/mol. The van der Waals surface area contributed by atoms with Gasteiger partial charge in [-0.15, -0.1) is 0 Å². The molecule has 0 aromatic heterocycles. The molecular formula is C22H40O2. The van der Waals surface area contributed by atoms with Gasteiger partial charge in [-0.25, -0.2) is 0 Å². The van der Waals surface area contributed by atoms with Gasteiger partial charge in [0.15, 0.2) is 0 Å². The van der Waals surface area contributed by atoms with Crippen LogP contribution in [0.4, 0.5) is 0 Å². The molecule has 140 valence electrons. The Balaban J connectivity index is 1.51. The Labute approximate surface area is 150 Å². The molecule has 0 heterocycles. The minimum atomic E-state index is 0.803. The van der Waals surface area contributed by atoms with E-state index in [0.29, 0.717) is 0 Å². The van der Waals surface area contributed by atoms with E-state index in [1.54, 1.807) is 0 Å². The van der Waals surface area contributed by atoms with Crippen LogP contribution in [0.5, 0.6) is 0 Å². The van der Waals surface area contributed by atoms with Gasteiger partial charge in [0.1, 0.15) is 0 Å². The number of rotatable bonds is 10. The predicted octanol–water partition coefficient (Wildman–Crippen LogP) is 6.36. The minimum Gasteiger partial charge on any atom is -0.501 e. The minimum absolute atomic E-state index is 0.803. The maximum Gasteiger partial charge on any atom is 0.0901 e. The molecule has 0 saturated heterocycles. The molecule has 2 aliphatic rings. The summed E-state index contributed by atoms with van der Waals surface area (Å²) in [7, 11) is 0. The summed E-state index contributed by atoms with van der Waals surface area (Å²) in [6.07, 6.45) is 19.4. The van der Waals surface area contributed by atoms with Crippen molar-refractivity contribution in [2.45, 2.75) is 84.5 Å². The van der Waals surface area contributed by atoms with Crippen molar-refractivity contribution in [1.29, 1.82) is 0 Å². The molecule has 0 atom stereocenters. The third kappa shape index (κ3) is 7.59. The molecule has 2 aliphatic carbocycles. The van der Waals surface area contributed by atoms with Gasteiger partial charge < -0.3 is 9.47 Å². The lowest BCUT2D eigenvalue weighted by atomic mass is 9.76. The molecule has 0 amide bonds. The monoisotopic (exact) mass is 336 g/mol. The number of allylic oxidation sites excluding steroid dienone is 1. The van der Waals surface area contributed by atoms with Crippen molar-refractivity contribution < 1.29 is 9.47 Å². The van der Waals surface area contributed by atoms with Gasteiger partial charge in [-0.05, 0) is 62.7 Å². The van der Waals surface area contributed by atoms with Crippen molar-refractivity contribution >= 4 is 0 Å². The van der Waals surface area contributed by atoms with E-state index >= 15 is 0 Å². The van der Waals surface area contributed by atoms with E-state index in [0.717, 1.165) is 49.9 Å². The lowest BCUT2D eigenvalue weighted by molar-refractivity contribution is 0.0838. The maximum atomic E-state index is 5.65. The first kappa shape index (κ1) is 19.8. The summed E-state index contributed by atoms with van der Waals surface area (Å²) in [5.74, 6) is 3.65. The molecule has 0 unspecified atom stereocenters. The van der Waals surface area contributed by atoms with Crippen LogP contribution >= 0.6 is 0 Å². The number of ether oxygens (including phenoxy) is 2. The second-order valence-corrected chi connectivity index (χ2v) is 8.12. The summed E-state index contributed by atoms with van der Waals surface area (Å²) >= 11 is 0. The molecule has 2 saturated carbocycles. The van der Waals surface area contributed by atoms with Gasteiger partial charge in [-0.1, -0.05) is 51.5 Å². The number of hydrogen-bond donors (Lipinski definition) is 0. The van der Waals surface area contributed by atoms with Gasteiger partial charge in [0.25, 0.3) is 0 Å². The highest BCUT2D eigenvalue weighted by Crippen LogP contribution is 2.36. The zero-order valence-corrected chi connectivity index (χ0v) is 16.2. The molecule has 2 heteroatoms. The molecule has 2 nitrogen and oxygen atoms in total. The zero-order valence-electron chi connectivity index (χ0n) is 16.2. The molecule has 0 aromatic carbocycles. The molecule has 0 spiro atoms. The van der Waals surface area contributed by atoms with E-state index in [1.165, 1.54) is 64.2 Å². The Hall–Kier alpha value is -0.500. The Bertz CT molecular complexity index is 323. The van der Waals surface area contributed by atoms with E-state index in [2.05, 4.69) is 19.9 Å². The van der Waals surface area contributed by atoms with Crippen molar-refractivity contribution in [2.24, 2.45) is 23.7 Å². The fraction of sp³-hybridized carbons (Fsp3) is 0.909. The van der Waals surface area contributed by atoms with Crippen LogP contribution in [-0.4, -0.2) is 19.8 Å². The van der Waals surface area contributed by atoms with Gasteiger partial charge >= 0.3 is 0 Å². The molecule has 2 fully saturated rings. The highest BCUT2D eigenvalue weighted by atomic mass is 16.5. The van der Waals surface area contributed by atoms with E-state index in [-0.39, 0.29) is 0 Å². The maximum absolute atomic E-state index is 5.65. The topological polar surface area (TPSA) is 18.5 Å².